The number of rotatable bonds is 4. The Bertz CT molecular complexity index is 325. The highest BCUT2D eigenvalue weighted by molar-refractivity contribution is 5.68. The van der Waals surface area contributed by atoms with Gasteiger partial charge < -0.3 is 5.11 Å². The maximum atomic E-state index is 13.6. The molecule has 106 valence electrons. The molecule has 8 heteroatoms. The molecule has 1 rings (SSSR count). The van der Waals surface area contributed by atoms with Crippen molar-refractivity contribution in [2.75, 3.05) is 13.1 Å². The van der Waals surface area contributed by atoms with Crippen LogP contribution in [0.3, 0.4) is 0 Å². The number of nitrogens with zero attached hydrogens (tertiary/aromatic N) is 1. The Morgan fingerprint density at radius 1 is 1.17 bits per heavy atom. The number of aliphatic carboxylic acids is 1. The van der Waals surface area contributed by atoms with Crippen LogP contribution in [0.25, 0.3) is 0 Å². The Morgan fingerprint density at radius 3 is 1.94 bits per heavy atom. The van der Waals surface area contributed by atoms with Crippen molar-refractivity contribution in [1.82, 2.24) is 4.90 Å². The average molecular weight is 275 g/mol. The van der Waals surface area contributed by atoms with Crippen molar-refractivity contribution >= 4 is 5.97 Å². The second kappa shape index (κ2) is 4.64. The Morgan fingerprint density at radius 2 is 1.61 bits per heavy atom. The van der Waals surface area contributed by atoms with Crippen molar-refractivity contribution in [3.05, 3.63) is 0 Å². The van der Waals surface area contributed by atoms with Crippen LogP contribution in [0.4, 0.5) is 22.0 Å². The van der Waals surface area contributed by atoms with Gasteiger partial charge in [-0.3, -0.25) is 9.69 Å². The zero-order valence-electron chi connectivity index (χ0n) is 9.73. The second-order valence-electron chi connectivity index (χ2n) is 4.61. The first-order valence-electron chi connectivity index (χ1n) is 5.44. The third kappa shape index (κ3) is 2.43. The lowest BCUT2D eigenvalue weighted by Crippen LogP contribution is -2.64. The molecule has 0 saturated carbocycles. The molecule has 1 atom stereocenters. The topological polar surface area (TPSA) is 40.5 Å². The van der Waals surface area contributed by atoms with Gasteiger partial charge in [0.1, 0.15) is 5.54 Å². The fraction of sp³-hybridized carbons (Fsp3) is 0.900. The summed E-state index contributed by atoms with van der Waals surface area (Å²) in [5.41, 5.74) is -2.74. The van der Waals surface area contributed by atoms with Crippen LogP contribution in [-0.2, 0) is 4.79 Å². The molecule has 0 aromatic carbocycles. The van der Waals surface area contributed by atoms with Crippen LogP contribution in [0.1, 0.15) is 26.2 Å². The van der Waals surface area contributed by atoms with E-state index >= 15 is 0 Å². The number of hydrogen-bond donors (Lipinski definition) is 1. The van der Waals surface area contributed by atoms with Gasteiger partial charge in [-0.25, -0.2) is 0 Å². The highest BCUT2D eigenvalue weighted by Crippen LogP contribution is 2.48. The van der Waals surface area contributed by atoms with E-state index in [4.69, 9.17) is 5.11 Å². The predicted molar refractivity (Wildman–Crippen MR) is 52.5 cm³/mol. The first kappa shape index (κ1) is 15.1. The lowest BCUT2D eigenvalue weighted by Gasteiger charge is -2.43. The van der Waals surface area contributed by atoms with Gasteiger partial charge in [0, 0.05) is 0 Å². The van der Waals surface area contributed by atoms with Gasteiger partial charge in [0.15, 0.2) is 0 Å². The number of carboxylic acid groups (broad SMARTS) is 1. The zero-order valence-corrected chi connectivity index (χ0v) is 9.73. The second-order valence-corrected chi connectivity index (χ2v) is 4.61. The van der Waals surface area contributed by atoms with E-state index in [1.54, 1.807) is 0 Å². The number of likely N-dealkylation sites (tertiary alicyclic amines) is 1. The molecule has 1 unspecified atom stereocenters. The Balaban J connectivity index is 3.14. The summed E-state index contributed by atoms with van der Waals surface area (Å²) >= 11 is 0. The SMILES string of the molecule is CC(CC(=O)O)(N1CCCC1)C(F)(F)C(F)(F)F. The molecule has 18 heavy (non-hydrogen) atoms. The molecule has 0 aromatic rings. The third-order valence-corrected chi connectivity index (χ3v) is 3.33. The van der Waals surface area contributed by atoms with E-state index in [9.17, 15) is 26.7 Å². The molecule has 1 saturated heterocycles. The summed E-state index contributed by atoms with van der Waals surface area (Å²) in [4.78, 5) is 11.5. The summed E-state index contributed by atoms with van der Waals surface area (Å²) in [5, 5.41) is 8.61. The van der Waals surface area contributed by atoms with Crippen LogP contribution >= 0.6 is 0 Å². The summed E-state index contributed by atoms with van der Waals surface area (Å²) in [6.07, 6.45) is -6.04. The van der Waals surface area contributed by atoms with Crippen LogP contribution in [0.15, 0.2) is 0 Å². The van der Waals surface area contributed by atoms with E-state index in [2.05, 4.69) is 0 Å². The van der Waals surface area contributed by atoms with Crippen molar-refractivity contribution < 1.29 is 31.9 Å². The van der Waals surface area contributed by atoms with Crippen LogP contribution in [0.2, 0.25) is 0 Å². The molecule has 0 aromatic heterocycles. The van der Waals surface area contributed by atoms with Gasteiger partial charge in [-0.1, -0.05) is 0 Å². The maximum absolute atomic E-state index is 13.6. The van der Waals surface area contributed by atoms with E-state index in [1.165, 1.54) is 0 Å². The molecular weight excluding hydrogens is 261 g/mol. The van der Waals surface area contributed by atoms with Crippen molar-refractivity contribution in [2.24, 2.45) is 0 Å². The molecule has 3 nitrogen and oxygen atoms in total. The van der Waals surface area contributed by atoms with E-state index in [0.29, 0.717) is 19.8 Å². The number of alkyl halides is 5. The first-order chi connectivity index (χ1) is 8.02. The maximum Gasteiger partial charge on any atom is 0.455 e. The lowest BCUT2D eigenvalue weighted by molar-refractivity contribution is -0.323. The van der Waals surface area contributed by atoms with Gasteiger partial charge >= 0.3 is 18.1 Å². The monoisotopic (exact) mass is 275 g/mol. The predicted octanol–water partition coefficient (Wildman–Crippen LogP) is 2.51. The van der Waals surface area contributed by atoms with Crippen LogP contribution < -0.4 is 0 Å². The van der Waals surface area contributed by atoms with Crippen LogP contribution in [0.5, 0.6) is 0 Å². The standard InChI is InChI=1S/C10H14F5NO2/c1-8(6-7(17)18,16-4-2-3-5-16)9(11,12)10(13,14)15/h2-6H2,1H3,(H,17,18). The lowest BCUT2D eigenvalue weighted by atomic mass is 9.87. The molecule has 1 aliphatic heterocycles. The zero-order chi connectivity index (χ0) is 14.2. The largest absolute Gasteiger partial charge is 0.481 e. The summed E-state index contributed by atoms with van der Waals surface area (Å²) in [5.74, 6) is -6.74. The Hall–Kier alpha value is -0.920. The average Bonchev–Trinajstić information content (AvgIpc) is 2.66. The van der Waals surface area contributed by atoms with Gasteiger partial charge in [0.05, 0.1) is 6.42 Å². The molecule has 1 N–H and O–H groups in total. The fourth-order valence-corrected chi connectivity index (χ4v) is 2.23. The number of hydrogen-bond acceptors (Lipinski definition) is 2. The van der Waals surface area contributed by atoms with Crippen molar-refractivity contribution in [2.45, 2.75) is 43.8 Å². The molecule has 0 bridgehead atoms. The summed E-state index contributed by atoms with van der Waals surface area (Å²) in [7, 11) is 0. The first-order valence-corrected chi connectivity index (χ1v) is 5.44. The van der Waals surface area contributed by atoms with Gasteiger partial charge in [-0.2, -0.15) is 22.0 Å². The summed E-state index contributed by atoms with van der Waals surface area (Å²) in [6, 6.07) is 0. The van der Waals surface area contributed by atoms with Gasteiger partial charge in [0.2, 0.25) is 0 Å². The molecule has 0 spiro atoms. The molecule has 0 radical (unpaired) electrons. The molecule has 1 aliphatic rings. The smallest absolute Gasteiger partial charge is 0.455 e. The molecule has 1 fully saturated rings. The van der Waals surface area contributed by atoms with Crippen LogP contribution in [-0.4, -0.2) is 46.7 Å². The number of carbonyl (C=O) groups is 1. The van der Waals surface area contributed by atoms with E-state index < -0.39 is 30.0 Å². The molecular formula is C10H14F5NO2. The van der Waals surface area contributed by atoms with Crippen LogP contribution in [0, 0.1) is 0 Å². The van der Waals surface area contributed by atoms with E-state index in [-0.39, 0.29) is 13.1 Å². The van der Waals surface area contributed by atoms with E-state index in [0.717, 1.165) is 4.90 Å². The minimum atomic E-state index is -5.76. The number of carboxylic acids is 1. The highest BCUT2D eigenvalue weighted by Gasteiger charge is 2.70. The van der Waals surface area contributed by atoms with E-state index in [1.807, 2.05) is 0 Å². The normalized spacial score (nSPS) is 21.9. The highest BCUT2D eigenvalue weighted by atomic mass is 19.4. The molecule has 0 aliphatic carbocycles. The Labute approximate surface area is 101 Å². The van der Waals surface area contributed by atoms with Gasteiger partial charge in [0.25, 0.3) is 0 Å². The van der Waals surface area contributed by atoms with Gasteiger partial charge in [-0.05, 0) is 32.9 Å². The minimum absolute atomic E-state index is 0.0510. The third-order valence-electron chi connectivity index (χ3n) is 3.33. The summed E-state index contributed by atoms with van der Waals surface area (Å²) in [6.45, 7) is 0.769. The van der Waals surface area contributed by atoms with Gasteiger partial charge in [-0.15, -0.1) is 0 Å². The van der Waals surface area contributed by atoms with Crippen molar-refractivity contribution in [3.63, 3.8) is 0 Å². The van der Waals surface area contributed by atoms with Crippen molar-refractivity contribution in [1.29, 1.82) is 0 Å². The molecule has 1 heterocycles. The summed E-state index contributed by atoms with van der Waals surface area (Å²) < 4.78 is 64.5. The number of halogens is 5. The fourth-order valence-electron chi connectivity index (χ4n) is 2.23. The Kier molecular flexibility index (Phi) is 3.90. The van der Waals surface area contributed by atoms with Crippen molar-refractivity contribution in [3.8, 4) is 0 Å². The molecule has 0 amide bonds. The quantitative estimate of drug-likeness (QED) is 0.801. The minimum Gasteiger partial charge on any atom is -0.481 e.